The van der Waals surface area contributed by atoms with Crippen LogP contribution >= 0.6 is 11.3 Å². The highest BCUT2D eigenvalue weighted by atomic mass is 32.1. The zero-order valence-electron chi connectivity index (χ0n) is 34.0. The van der Waals surface area contributed by atoms with E-state index in [2.05, 4.69) is 212 Å². The molecule has 0 spiro atoms. The van der Waals surface area contributed by atoms with Crippen molar-refractivity contribution >= 4 is 53.9 Å². The van der Waals surface area contributed by atoms with Gasteiger partial charge in [-0.15, -0.1) is 11.3 Å². The van der Waals surface area contributed by atoms with E-state index >= 15 is 0 Å². The molecule has 12 aromatic rings. The van der Waals surface area contributed by atoms with Gasteiger partial charge in [0.2, 0.25) is 0 Å². The van der Waals surface area contributed by atoms with Crippen LogP contribution in [0.5, 0.6) is 0 Å². The van der Waals surface area contributed by atoms with Gasteiger partial charge in [0.25, 0.3) is 0 Å². The van der Waals surface area contributed by atoms with Gasteiger partial charge in [-0.05, 0) is 67.1 Å². The molecule has 2 heterocycles. The van der Waals surface area contributed by atoms with E-state index in [4.69, 9.17) is 19.9 Å². The normalized spacial score (nSPS) is 11.5. The van der Waals surface area contributed by atoms with Gasteiger partial charge in [0, 0.05) is 33.0 Å². The van der Waals surface area contributed by atoms with Crippen LogP contribution in [0.4, 0.5) is 0 Å². The Morgan fingerprint density at radius 2 is 0.683 bits per heavy atom. The van der Waals surface area contributed by atoms with Gasteiger partial charge in [-0.1, -0.05) is 206 Å². The van der Waals surface area contributed by atoms with Crippen LogP contribution < -0.4 is 0 Å². The van der Waals surface area contributed by atoms with E-state index in [0.717, 1.165) is 65.6 Å². The Labute approximate surface area is 368 Å². The predicted octanol–water partition coefficient (Wildman–Crippen LogP) is 15.6. The first-order valence-corrected chi connectivity index (χ1v) is 21.9. The minimum atomic E-state index is 0.618. The zero-order valence-corrected chi connectivity index (χ0v) is 34.8. The van der Waals surface area contributed by atoms with Crippen LogP contribution in [0.15, 0.2) is 218 Å². The van der Waals surface area contributed by atoms with Gasteiger partial charge in [-0.2, -0.15) is 0 Å². The average Bonchev–Trinajstić information content (AvgIpc) is 3.83. The second-order valence-corrected chi connectivity index (χ2v) is 16.8. The maximum absolute atomic E-state index is 5.27. The lowest BCUT2D eigenvalue weighted by Gasteiger charge is -2.13. The molecule has 0 saturated carbocycles. The molecule has 0 N–H and O–H groups in total. The summed E-state index contributed by atoms with van der Waals surface area (Å²) in [4.78, 5) is 20.8. The fourth-order valence-corrected chi connectivity index (χ4v) is 9.96. The molecule has 0 radical (unpaired) electrons. The molecule has 4 nitrogen and oxygen atoms in total. The van der Waals surface area contributed by atoms with Crippen LogP contribution in [-0.2, 0) is 0 Å². The highest BCUT2D eigenvalue weighted by molar-refractivity contribution is 7.22. The Kier molecular flexibility index (Phi) is 8.98. The van der Waals surface area contributed by atoms with Crippen molar-refractivity contribution in [3.63, 3.8) is 0 Å². The number of thiazole rings is 1. The number of rotatable bonds is 7. The summed E-state index contributed by atoms with van der Waals surface area (Å²) in [6, 6.07) is 76.9. The molecule has 0 unspecified atom stereocenters. The third-order valence-electron chi connectivity index (χ3n) is 12.0. The van der Waals surface area contributed by atoms with Gasteiger partial charge in [0.05, 0.1) is 10.2 Å². The molecule has 0 aliphatic rings. The van der Waals surface area contributed by atoms with Crippen LogP contribution in [-0.4, -0.2) is 19.9 Å². The number of hydrogen-bond acceptors (Lipinski definition) is 5. The third kappa shape index (κ3) is 6.63. The minimum Gasteiger partial charge on any atom is -0.235 e. The molecule has 2 aromatic heterocycles. The zero-order chi connectivity index (χ0) is 41.7. The summed E-state index contributed by atoms with van der Waals surface area (Å²) in [5, 5.41) is 8.10. The monoisotopic (exact) mass is 820 g/mol. The van der Waals surface area contributed by atoms with Crippen LogP contribution in [0.1, 0.15) is 0 Å². The van der Waals surface area contributed by atoms with Crippen LogP contribution in [0.25, 0.3) is 121 Å². The SMILES string of the molecule is c1ccc(-c2ccc(-c3nc(-c4ccc(-c5ccc6c7ccccc7c7sc(-c8ccccc8)nc7c6c5)cc4)nc(-c4ccc(-c5ccccc5)c5ccccc45)n3)cc2)cc1. The fraction of sp³-hybridized carbons (Fsp3) is 0. The second kappa shape index (κ2) is 15.4. The Morgan fingerprint density at radius 3 is 1.32 bits per heavy atom. The molecule has 63 heavy (non-hydrogen) atoms. The lowest BCUT2D eigenvalue weighted by molar-refractivity contribution is 1.08. The maximum Gasteiger partial charge on any atom is 0.164 e. The number of fused-ring (bicyclic) bond motifs is 7. The summed E-state index contributed by atoms with van der Waals surface area (Å²) in [5.74, 6) is 1.87. The maximum atomic E-state index is 5.27. The Morgan fingerprint density at radius 1 is 0.254 bits per heavy atom. The molecular formula is C58H36N4S. The Hall–Kier alpha value is -8.12. The number of aromatic nitrogens is 4. The van der Waals surface area contributed by atoms with Crippen molar-refractivity contribution in [1.82, 2.24) is 19.9 Å². The molecule has 0 aliphatic carbocycles. The van der Waals surface area contributed by atoms with Crippen molar-refractivity contribution in [2.75, 3.05) is 0 Å². The highest BCUT2D eigenvalue weighted by Crippen LogP contribution is 2.42. The van der Waals surface area contributed by atoms with Crippen molar-refractivity contribution in [2.45, 2.75) is 0 Å². The summed E-state index contributed by atoms with van der Waals surface area (Å²) in [6.45, 7) is 0. The van der Waals surface area contributed by atoms with Crippen LogP contribution in [0.3, 0.4) is 0 Å². The molecule has 5 heteroatoms. The number of hydrogen-bond donors (Lipinski definition) is 0. The number of benzene rings is 10. The topological polar surface area (TPSA) is 51.6 Å². The van der Waals surface area contributed by atoms with E-state index in [0.29, 0.717) is 17.5 Å². The van der Waals surface area contributed by atoms with Crippen molar-refractivity contribution < 1.29 is 0 Å². The average molecular weight is 821 g/mol. The van der Waals surface area contributed by atoms with E-state index in [1.54, 1.807) is 11.3 Å². The first-order valence-electron chi connectivity index (χ1n) is 21.1. The van der Waals surface area contributed by atoms with E-state index in [-0.39, 0.29) is 0 Å². The number of nitrogens with zero attached hydrogens (tertiary/aromatic N) is 4. The van der Waals surface area contributed by atoms with E-state index in [1.807, 2.05) is 6.07 Å². The quantitative estimate of drug-likeness (QED) is 0.150. The summed E-state index contributed by atoms with van der Waals surface area (Å²) >= 11 is 1.76. The predicted molar refractivity (Wildman–Crippen MR) is 264 cm³/mol. The molecule has 0 amide bonds. The second-order valence-electron chi connectivity index (χ2n) is 15.8. The lowest BCUT2D eigenvalue weighted by Crippen LogP contribution is -2.01. The highest BCUT2D eigenvalue weighted by Gasteiger charge is 2.18. The van der Waals surface area contributed by atoms with Gasteiger partial charge < -0.3 is 0 Å². The van der Waals surface area contributed by atoms with Gasteiger partial charge in [0.1, 0.15) is 5.01 Å². The molecule has 12 rings (SSSR count). The summed E-state index contributed by atoms with van der Waals surface area (Å²) < 4.78 is 1.21. The van der Waals surface area contributed by atoms with Crippen LogP contribution in [0, 0.1) is 0 Å². The minimum absolute atomic E-state index is 0.618. The van der Waals surface area contributed by atoms with Crippen LogP contribution in [0.2, 0.25) is 0 Å². The fourth-order valence-electron chi connectivity index (χ4n) is 8.83. The largest absolute Gasteiger partial charge is 0.235 e. The summed E-state index contributed by atoms with van der Waals surface area (Å²) in [5.41, 5.74) is 11.8. The molecule has 0 bridgehead atoms. The molecule has 0 atom stereocenters. The summed E-state index contributed by atoms with van der Waals surface area (Å²) in [6.07, 6.45) is 0. The van der Waals surface area contributed by atoms with E-state index in [9.17, 15) is 0 Å². The molecule has 0 aliphatic heterocycles. The first kappa shape index (κ1) is 36.7. The Balaban J connectivity index is 0.973. The standard InChI is InChI=1S/C58H36N4S/c1-4-14-37(15-5-1)38-24-28-41(29-25-38)55-60-56(62-57(61-55)51-35-34-45(40-16-6-2-7-17-40)46-20-10-11-22-48(46)51)42-30-26-39(27-31-42)44-32-33-49-47-21-12-13-23-50(47)54-53(52(49)36-44)59-58(63-54)43-18-8-3-9-19-43/h1-36H. The van der Waals surface area contributed by atoms with Gasteiger partial charge in [-0.25, -0.2) is 19.9 Å². The van der Waals surface area contributed by atoms with Crippen molar-refractivity contribution in [2.24, 2.45) is 0 Å². The molecular weight excluding hydrogens is 785 g/mol. The van der Waals surface area contributed by atoms with Gasteiger partial charge >= 0.3 is 0 Å². The molecule has 0 saturated heterocycles. The molecule has 294 valence electrons. The van der Waals surface area contributed by atoms with Gasteiger partial charge in [-0.3, -0.25) is 0 Å². The van der Waals surface area contributed by atoms with Crippen molar-refractivity contribution in [3.8, 4) is 78.1 Å². The molecule has 0 fully saturated rings. The van der Waals surface area contributed by atoms with E-state index < -0.39 is 0 Å². The van der Waals surface area contributed by atoms with E-state index in [1.165, 1.54) is 37.5 Å². The first-order chi connectivity index (χ1) is 31.2. The summed E-state index contributed by atoms with van der Waals surface area (Å²) in [7, 11) is 0. The smallest absolute Gasteiger partial charge is 0.164 e. The van der Waals surface area contributed by atoms with Gasteiger partial charge in [0.15, 0.2) is 17.5 Å². The lowest BCUT2D eigenvalue weighted by atomic mass is 9.94. The third-order valence-corrected chi connectivity index (χ3v) is 13.1. The molecule has 10 aromatic carbocycles. The Bertz CT molecular complexity index is 3640. The van der Waals surface area contributed by atoms with Crippen molar-refractivity contribution in [3.05, 3.63) is 218 Å². The van der Waals surface area contributed by atoms with Crippen molar-refractivity contribution in [1.29, 1.82) is 0 Å².